The van der Waals surface area contributed by atoms with Crippen LogP contribution in [0, 0.1) is 0 Å². The molecule has 7 nitrogen and oxygen atoms in total. The number of nitrogens with zero attached hydrogens (tertiary/aromatic N) is 3. The van der Waals surface area contributed by atoms with Gasteiger partial charge in [-0.25, -0.2) is 13.1 Å². The number of nitrogen functional groups attached to an aromatic ring is 1. The second-order valence-corrected chi connectivity index (χ2v) is 6.80. The van der Waals surface area contributed by atoms with Crippen LogP contribution in [0.1, 0.15) is 6.92 Å². The lowest BCUT2D eigenvalue weighted by Gasteiger charge is -2.09. The largest absolute Gasteiger partial charge is 0.398 e. The molecule has 0 aliphatic heterocycles. The molecule has 0 saturated heterocycles. The number of rotatable bonds is 5. The Labute approximate surface area is 121 Å². The van der Waals surface area contributed by atoms with E-state index >= 15 is 0 Å². The van der Waals surface area contributed by atoms with Crippen LogP contribution in [0.15, 0.2) is 39.5 Å². The predicted octanol–water partition coefficient (Wildman–Crippen LogP) is 0.847. The van der Waals surface area contributed by atoms with E-state index < -0.39 is 10.0 Å². The first-order valence-electron chi connectivity index (χ1n) is 5.85. The maximum atomic E-state index is 12.0. The second kappa shape index (κ2) is 5.81. The van der Waals surface area contributed by atoms with Gasteiger partial charge in [0.05, 0.1) is 4.90 Å². The van der Waals surface area contributed by atoms with Crippen LogP contribution in [0.2, 0.25) is 0 Å². The van der Waals surface area contributed by atoms with E-state index in [4.69, 9.17) is 5.73 Å². The first kappa shape index (κ1) is 14.8. The number of hydrogen-bond acceptors (Lipinski definition) is 6. The van der Waals surface area contributed by atoms with Crippen LogP contribution in [0.5, 0.6) is 0 Å². The van der Waals surface area contributed by atoms with Crippen molar-refractivity contribution in [2.24, 2.45) is 7.05 Å². The molecule has 2 rings (SSSR count). The minimum Gasteiger partial charge on any atom is -0.398 e. The summed E-state index contributed by atoms with van der Waals surface area (Å²) in [4.78, 5) is 0.804. The number of hydrogen-bond donors (Lipinski definition) is 2. The number of nitrogens with two attached hydrogens (primary N) is 1. The highest BCUT2D eigenvalue weighted by atomic mass is 32.2. The van der Waals surface area contributed by atoms with Crippen molar-refractivity contribution in [2.75, 3.05) is 12.3 Å². The van der Waals surface area contributed by atoms with E-state index in [0.717, 1.165) is 0 Å². The molecule has 0 radical (unpaired) electrons. The lowest BCUT2D eigenvalue weighted by Crippen LogP contribution is -2.23. The lowest BCUT2D eigenvalue weighted by molar-refractivity contribution is 0.583. The Morgan fingerprint density at radius 2 is 2.20 bits per heavy atom. The van der Waals surface area contributed by atoms with E-state index in [9.17, 15) is 8.42 Å². The molecule has 9 heteroatoms. The van der Waals surface area contributed by atoms with Crippen molar-refractivity contribution < 1.29 is 8.42 Å². The highest BCUT2D eigenvalue weighted by Gasteiger charge is 2.15. The van der Waals surface area contributed by atoms with Gasteiger partial charge < -0.3 is 10.3 Å². The van der Waals surface area contributed by atoms with Crippen LogP contribution >= 0.6 is 11.8 Å². The van der Waals surface area contributed by atoms with E-state index in [-0.39, 0.29) is 4.90 Å². The molecule has 108 valence electrons. The minimum atomic E-state index is -3.50. The third kappa shape index (κ3) is 3.11. The van der Waals surface area contributed by atoms with Gasteiger partial charge in [-0.15, -0.1) is 10.2 Å². The maximum absolute atomic E-state index is 12.0. The number of aromatic nitrogens is 3. The van der Waals surface area contributed by atoms with Crippen molar-refractivity contribution in [2.45, 2.75) is 21.9 Å². The highest BCUT2D eigenvalue weighted by Crippen LogP contribution is 2.32. The smallest absolute Gasteiger partial charge is 0.240 e. The number of sulfonamides is 1. The van der Waals surface area contributed by atoms with Crippen molar-refractivity contribution >= 4 is 27.5 Å². The summed E-state index contributed by atoms with van der Waals surface area (Å²) >= 11 is 1.27. The fourth-order valence-electron chi connectivity index (χ4n) is 1.51. The van der Waals surface area contributed by atoms with E-state index in [1.54, 1.807) is 30.9 Å². The molecule has 1 heterocycles. The molecular weight excluding hydrogens is 298 g/mol. The van der Waals surface area contributed by atoms with E-state index in [2.05, 4.69) is 14.9 Å². The number of anilines is 1. The fourth-order valence-corrected chi connectivity index (χ4v) is 3.50. The molecule has 3 N–H and O–H groups in total. The summed E-state index contributed by atoms with van der Waals surface area (Å²) in [6, 6.07) is 4.59. The molecule has 1 aromatic carbocycles. The Hall–Kier alpha value is -1.58. The van der Waals surface area contributed by atoms with Gasteiger partial charge in [0.15, 0.2) is 5.16 Å². The van der Waals surface area contributed by atoms with Crippen LogP contribution in [0.25, 0.3) is 0 Å². The van der Waals surface area contributed by atoms with Gasteiger partial charge in [0, 0.05) is 24.2 Å². The minimum absolute atomic E-state index is 0.179. The summed E-state index contributed by atoms with van der Waals surface area (Å²) in [6.45, 7) is 2.06. The molecule has 20 heavy (non-hydrogen) atoms. The third-order valence-corrected chi connectivity index (χ3v) is 5.17. The van der Waals surface area contributed by atoms with E-state index in [1.165, 1.54) is 23.9 Å². The van der Waals surface area contributed by atoms with Crippen molar-refractivity contribution in [3.05, 3.63) is 24.5 Å². The van der Waals surface area contributed by atoms with Crippen molar-refractivity contribution in [3.63, 3.8) is 0 Å². The molecule has 0 atom stereocenters. The Balaban J connectivity index is 2.37. The Morgan fingerprint density at radius 1 is 1.45 bits per heavy atom. The third-order valence-electron chi connectivity index (χ3n) is 2.50. The summed E-state index contributed by atoms with van der Waals surface area (Å²) in [5.74, 6) is 0. The van der Waals surface area contributed by atoms with Crippen molar-refractivity contribution in [1.29, 1.82) is 0 Å². The Morgan fingerprint density at radius 3 is 2.80 bits per heavy atom. The zero-order valence-corrected chi connectivity index (χ0v) is 12.7. The standard InChI is InChI=1S/C11H15N5O2S2/c1-3-14-20(17,18)8-4-5-9(12)10(6-8)19-11-15-13-7-16(11)2/h4-7,14H,3,12H2,1-2H3. The van der Waals surface area contributed by atoms with Gasteiger partial charge in [-0.1, -0.05) is 6.92 Å². The quantitative estimate of drug-likeness (QED) is 0.793. The molecule has 2 aromatic rings. The van der Waals surface area contributed by atoms with Gasteiger partial charge in [0.2, 0.25) is 10.0 Å². The zero-order valence-electron chi connectivity index (χ0n) is 11.1. The normalized spacial score (nSPS) is 11.7. The van der Waals surface area contributed by atoms with Gasteiger partial charge in [-0.3, -0.25) is 0 Å². The van der Waals surface area contributed by atoms with Gasteiger partial charge in [-0.05, 0) is 30.0 Å². The molecule has 0 bridgehead atoms. The summed E-state index contributed by atoms with van der Waals surface area (Å²) in [7, 11) is -1.70. The summed E-state index contributed by atoms with van der Waals surface area (Å²) in [5, 5.41) is 8.34. The topological polar surface area (TPSA) is 103 Å². The van der Waals surface area contributed by atoms with E-state index in [1.807, 2.05) is 0 Å². The summed E-state index contributed by atoms with van der Waals surface area (Å²) < 4.78 is 28.1. The summed E-state index contributed by atoms with van der Waals surface area (Å²) in [5.41, 5.74) is 6.37. The zero-order chi connectivity index (χ0) is 14.8. The maximum Gasteiger partial charge on any atom is 0.240 e. The molecule has 1 aromatic heterocycles. The SMILES string of the molecule is CCNS(=O)(=O)c1ccc(N)c(Sc2nncn2C)c1. The predicted molar refractivity (Wildman–Crippen MR) is 76.8 cm³/mol. The van der Waals surface area contributed by atoms with E-state index in [0.29, 0.717) is 22.3 Å². The first-order valence-corrected chi connectivity index (χ1v) is 8.15. The average Bonchev–Trinajstić information content (AvgIpc) is 2.77. The van der Waals surface area contributed by atoms with Crippen LogP contribution in [0.3, 0.4) is 0 Å². The van der Waals surface area contributed by atoms with Crippen molar-refractivity contribution in [3.8, 4) is 0 Å². The van der Waals surface area contributed by atoms with Crippen LogP contribution in [-0.4, -0.2) is 29.7 Å². The Bertz CT molecular complexity index is 711. The molecular formula is C11H15N5O2S2. The van der Waals surface area contributed by atoms with Gasteiger partial charge in [0.1, 0.15) is 6.33 Å². The number of aryl methyl sites for hydroxylation is 1. The number of nitrogens with one attached hydrogen (secondary N) is 1. The molecule has 0 aliphatic carbocycles. The van der Waals surface area contributed by atoms with Gasteiger partial charge in [-0.2, -0.15) is 0 Å². The van der Waals surface area contributed by atoms with Gasteiger partial charge >= 0.3 is 0 Å². The van der Waals surface area contributed by atoms with Crippen LogP contribution < -0.4 is 10.5 Å². The Kier molecular flexibility index (Phi) is 4.31. The van der Waals surface area contributed by atoms with Crippen molar-refractivity contribution in [1.82, 2.24) is 19.5 Å². The average molecular weight is 313 g/mol. The fraction of sp³-hybridized carbons (Fsp3) is 0.273. The molecule has 0 unspecified atom stereocenters. The monoisotopic (exact) mass is 313 g/mol. The molecule has 0 saturated carbocycles. The molecule has 0 spiro atoms. The second-order valence-electron chi connectivity index (χ2n) is 4.03. The molecule has 0 aliphatic rings. The number of benzene rings is 1. The summed E-state index contributed by atoms with van der Waals surface area (Å²) in [6.07, 6.45) is 1.57. The lowest BCUT2D eigenvalue weighted by atomic mass is 10.3. The molecule has 0 fully saturated rings. The first-order chi connectivity index (χ1) is 9.44. The highest BCUT2D eigenvalue weighted by molar-refractivity contribution is 7.99. The van der Waals surface area contributed by atoms with Gasteiger partial charge in [0.25, 0.3) is 0 Å². The van der Waals surface area contributed by atoms with Crippen LogP contribution in [-0.2, 0) is 17.1 Å². The molecule has 0 amide bonds. The van der Waals surface area contributed by atoms with Crippen LogP contribution in [0.4, 0.5) is 5.69 Å².